The zero-order chi connectivity index (χ0) is 20.3. The second-order valence-corrected chi connectivity index (χ2v) is 8.96. The highest BCUT2D eigenvalue weighted by molar-refractivity contribution is 7.86. The number of aryl methyl sites for hydroxylation is 1. The first-order valence-corrected chi connectivity index (χ1v) is 11.2. The Bertz CT molecular complexity index is 984. The summed E-state index contributed by atoms with van der Waals surface area (Å²) in [6, 6.07) is 26.5. The highest BCUT2D eigenvalue weighted by atomic mass is 32.2. The van der Waals surface area contributed by atoms with Gasteiger partial charge in [-0.1, -0.05) is 78.4 Å². The minimum atomic E-state index is -3.84. The Balaban J connectivity index is 1.60. The van der Waals surface area contributed by atoms with E-state index in [9.17, 15) is 8.42 Å². The molecule has 0 aliphatic carbocycles. The van der Waals surface area contributed by atoms with E-state index in [-0.39, 0.29) is 17.1 Å². The molecular formula is C24H24O4S. The normalized spacial score (nSPS) is 22.3. The third-order valence-corrected chi connectivity index (χ3v) is 6.57. The lowest BCUT2D eigenvalue weighted by atomic mass is 9.93. The third-order valence-electron chi connectivity index (χ3n) is 5.20. The number of ether oxygens (including phenoxy) is 1. The molecule has 1 fully saturated rings. The van der Waals surface area contributed by atoms with Crippen LogP contribution in [0.5, 0.6) is 0 Å². The molecule has 3 aromatic rings. The van der Waals surface area contributed by atoms with E-state index in [0.29, 0.717) is 12.8 Å². The van der Waals surface area contributed by atoms with Crippen LogP contribution >= 0.6 is 0 Å². The Morgan fingerprint density at radius 2 is 1.24 bits per heavy atom. The van der Waals surface area contributed by atoms with E-state index in [1.807, 2.05) is 67.6 Å². The van der Waals surface area contributed by atoms with Crippen LogP contribution in [0.25, 0.3) is 0 Å². The molecule has 1 saturated heterocycles. The van der Waals surface area contributed by atoms with E-state index >= 15 is 0 Å². The lowest BCUT2D eigenvalue weighted by Gasteiger charge is -2.35. The second kappa shape index (κ2) is 8.49. The lowest BCUT2D eigenvalue weighted by Crippen LogP contribution is -2.30. The summed E-state index contributed by atoms with van der Waals surface area (Å²) in [7, 11) is -3.84. The topological polar surface area (TPSA) is 52.6 Å². The van der Waals surface area contributed by atoms with Crippen LogP contribution in [0.15, 0.2) is 89.8 Å². The van der Waals surface area contributed by atoms with Crippen LogP contribution in [0.3, 0.4) is 0 Å². The molecule has 1 aliphatic rings. The van der Waals surface area contributed by atoms with Crippen LogP contribution < -0.4 is 0 Å². The third kappa shape index (κ3) is 4.75. The molecule has 0 saturated carbocycles. The molecular weight excluding hydrogens is 384 g/mol. The van der Waals surface area contributed by atoms with Crippen molar-refractivity contribution < 1.29 is 17.3 Å². The molecule has 2 atom stereocenters. The van der Waals surface area contributed by atoms with Crippen molar-refractivity contribution in [3.63, 3.8) is 0 Å². The molecule has 2 unspecified atom stereocenters. The molecule has 1 aliphatic heterocycles. The van der Waals surface area contributed by atoms with Gasteiger partial charge < -0.3 is 4.74 Å². The fourth-order valence-corrected chi connectivity index (χ4v) is 4.76. The van der Waals surface area contributed by atoms with E-state index in [0.717, 1.165) is 16.7 Å². The van der Waals surface area contributed by atoms with E-state index in [2.05, 4.69) is 0 Å². The minimum Gasteiger partial charge on any atom is -0.365 e. The van der Waals surface area contributed by atoms with Crippen LogP contribution in [-0.2, 0) is 19.0 Å². The first-order valence-electron chi connectivity index (χ1n) is 9.76. The van der Waals surface area contributed by atoms with Gasteiger partial charge >= 0.3 is 0 Å². The van der Waals surface area contributed by atoms with Crippen molar-refractivity contribution in [3.05, 3.63) is 102 Å². The Kier molecular flexibility index (Phi) is 5.81. The molecule has 0 amide bonds. The van der Waals surface area contributed by atoms with Crippen LogP contribution in [0.2, 0.25) is 0 Å². The fraction of sp³-hybridized carbons (Fsp3) is 0.250. The SMILES string of the molecule is Cc1ccc(S(=O)(=O)OC2CC(c3ccccc3)OC(c3ccccc3)C2)cc1. The number of rotatable bonds is 5. The first-order chi connectivity index (χ1) is 14.0. The van der Waals surface area contributed by atoms with Crippen molar-refractivity contribution in [1.82, 2.24) is 0 Å². The van der Waals surface area contributed by atoms with E-state index in [1.54, 1.807) is 24.3 Å². The predicted molar refractivity (Wildman–Crippen MR) is 112 cm³/mol. The van der Waals surface area contributed by atoms with Gasteiger partial charge in [0, 0.05) is 12.8 Å². The van der Waals surface area contributed by atoms with Crippen LogP contribution in [0, 0.1) is 6.92 Å². The van der Waals surface area contributed by atoms with E-state index < -0.39 is 16.2 Å². The zero-order valence-electron chi connectivity index (χ0n) is 16.3. The van der Waals surface area contributed by atoms with Gasteiger partial charge in [-0.25, -0.2) is 0 Å². The van der Waals surface area contributed by atoms with Crippen LogP contribution in [0.4, 0.5) is 0 Å². The summed E-state index contributed by atoms with van der Waals surface area (Å²) in [5.41, 5.74) is 3.05. The first kappa shape index (κ1) is 19.8. The zero-order valence-corrected chi connectivity index (χ0v) is 17.1. The van der Waals surface area contributed by atoms with Crippen molar-refractivity contribution in [2.45, 2.75) is 43.0 Å². The Labute approximate surface area is 172 Å². The second-order valence-electron chi connectivity index (χ2n) is 7.39. The molecule has 29 heavy (non-hydrogen) atoms. The van der Waals surface area contributed by atoms with Gasteiger partial charge in [0.05, 0.1) is 23.2 Å². The monoisotopic (exact) mass is 408 g/mol. The summed E-state index contributed by atoms with van der Waals surface area (Å²) in [4.78, 5) is 0.183. The van der Waals surface area contributed by atoms with Gasteiger partial charge in [-0.3, -0.25) is 4.18 Å². The summed E-state index contributed by atoms with van der Waals surface area (Å²) >= 11 is 0. The van der Waals surface area contributed by atoms with E-state index in [4.69, 9.17) is 8.92 Å². The van der Waals surface area contributed by atoms with Gasteiger partial charge in [0.25, 0.3) is 10.1 Å². The van der Waals surface area contributed by atoms with Gasteiger partial charge in [0.2, 0.25) is 0 Å². The summed E-state index contributed by atoms with van der Waals surface area (Å²) in [6.07, 6.45) is 0.0452. The highest BCUT2D eigenvalue weighted by Crippen LogP contribution is 2.40. The van der Waals surface area contributed by atoms with Gasteiger partial charge in [-0.2, -0.15) is 8.42 Å². The Morgan fingerprint density at radius 1 is 0.759 bits per heavy atom. The molecule has 5 heteroatoms. The fourth-order valence-electron chi connectivity index (χ4n) is 3.67. The average molecular weight is 409 g/mol. The largest absolute Gasteiger partial charge is 0.365 e. The summed E-state index contributed by atoms with van der Waals surface area (Å²) in [5, 5.41) is 0. The molecule has 0 spiro atoms. The minimum absolute atomic E-state index is 0.183. The molecule has 4 nitrogen and oxygen atoms in total. The van der Waals surface area contributed by atoms with Crippen molar-refractivity contribution >= 4 is 10.1 Å². The molecule has 0 bridgehead atoms. The average Bonchev–Trinajstić information content (AvgIpc) is 2.75. The molecule has 3 aromatic carbocycles. The van der Waals surface area contributed by atoms with Crippen LogP contribution in [-0.4, -0.2) is 14.5 Å². The predicted octanol–water partition coefficient (Wildman–Crippen LogP) is 5.36. The van der Waals surface area contributed by atoms with Crippen molar-refractivity contribution in [1.29, 1.82) is 0 Å². The molecule has 4 rings (SSSR count). The number of benzene rings is 3. The summed E-state index contributed by atoms with van der Waals surface area (Å²) in [6.45, 7) is 1.92. The van der Waals surface area contributed by atoms with Gasteiger partial charge in [-0.05, 0) is 30.2 Å². The molecule has 0 aromatic heterocycles. The smallest absolute Gasteiger partial charge is 0.297 e. The number of hydrogen-bond donors (Lipinski definition) is 0. The van der Waals surface area contributed by atoms with Gasteiger partial charge in [0.1, 0.15) is 0 Å². The lowest BCUT2D eigenvalue weighted by molar-refractivity contribution is -0.0920. The molecule has 150 valence electrons. The maximum Gasteiger partial charge on any atom is 0.297 e. The van der Waals surface area contributed by atoms with Gasteiger partial charge in [-0.15, -0.1) is 0 Å². The molecule has 1 heterocycles. The molecule has 0 N–H and O–H groups in total. The quantitative estimate of drug-likeness (QED) is 0.533. The van der Waals surface area contributed by atoms with E-state index in [1.165, 1.54) is 0 Å². The highest BCUT2D eigenvalue weighted by Gasteiger charge is 2.35. The van der Waals surface area contributed by atoms with Crippen molar-refractivity contribution in [2.24, 2.45) is 0 Å². The maximum absolute atomic E-state index is 12.8. The Hall–Kier alpha value is -2.47. The maximum atomic E-state index is 12.8. The summed E-state index contributed by atoms with van der Waals surface area (Å²) in [5.74, 6) is 0. The van der Waals surface area contributed by atoms with Gasteiger partial charge in [0.15, 0.2) is 0 Å². The van der Waals surface area contributed by atoms with Crippen LogP contribution in [0.1, 0.15) is 41.7 Å². The Morgan fingerprint density at radius 3 is 1.72 bits per heavy atom. The summed E-state index contributed by atoms with van der Waals surface area (Å²) < 4.78 is 37.7. The molecule has 0 radical (unpaired) electrons. The van der Waals surface area contributed by atoms with Crippen molar-refractivity contribution in [3.8, 4) is 0 Å². The number of hydrogen-bond acceptors (Lipinski definition) is 4. The van der Waals surface area contributed by atoms with Crippen molar-refractivity contribution in [2.75, 3.05) is 0 Å². The standard InChI is InChI=1S/C24H24O4S/c1-18-12-14-22(15-13-18)29(25,26)28-21-16-23(19-8-4-2-5-9-19)27-24(17-21)20-10-6-3-7-11-20/h2-15,21,23-24H,16-17H2,1H3.